The molecule has 1 fully saturated rings. The average molecular weight is 405 g/mol. The van der Waals surface area contributed by atoms with Crippen LogP contribution in [0, 0.1) is 0 Å². The van der Waals surface area contributed by atoms with E-state index in [0.717, 1.165) is 56.1 Å². The Morgan fingerprint density at radius 2 is 1.70 bits per heavy atom. The molecule has 0 atom stereocenters. The van der Waals surface area contributed by atoms with E-state index in [1.54, 1.807) is 0 Å². The summed E-state index contributed by atoms with van der Waals surface area (Å²) in [7, 11) is 0. The number of rotatable bonds is 8. The molecule has 6 heteroatoms. The fourth-order valence-electron chi connectivity index (χ4n) is 3.67. The van der Waals surface area contributed by atoms with Gasteiger partial charge in [-0.1, -0.05) is 60.7 Å². The number of aromatic nitrogens is 2. The molecule has 0 bridgehead atoms. The van der Waals surface area contributed by atoms with Crippen LogP contribution in [0.15, 0.2) is 66.9 Å². The molecule has 1 amide bonds. The van der Waals surface area contributed by atoms with Crippen molar-refractivity contribution in [2.45, 2.75) is 13.0 Å². The third-order valence-electron chi connectivity index (χ3n) is 5.28. The van der Waals surface area contributed by atoms with Gasteiger partial charge in [-0.2, -0.15) is 5.10 Å². The molecule has 1 aliphatic rings. The molecule has 2 aromatic carbocycles. The zero-order valence-corrected chi connectivity index (χ0v) is 17.2. The van der Waals surface area contributed by atoms with Gasteiger partial charge in [0.2, 0.25) is 0 Å². The summed E-state index contributed by atoms with van der Waals surface area (Å²) in [5.41, 5.74) is 3.43. The van der Waals surface area contributed by atoms with Gasteiger partial charge in [-0.05, 0) is 18.5 Å². The van der Waals surface area contributed by atoms with Crippen molar-refractivity contribution < 1.29 is 9.53 Å². The van der Waals surface area contributed by atoms with Crippen LogP contribution in [0.2, 0.25) is 0 Å². The van der Waals surface area contributed by atoms with Crippen LogP contribution in [0.25, 0.3) is 11.3 Å². The molecular formula is C24H28N4O2. The second-order valence-corrected chi connectivity index (χ2v) is 7.50. The lowest BCUT2D eigenvalue weighted by Gasteiger charge is -2.26. The van der Waals surface area contributed by atoms with Crippen molar-refractivity contribution in [3.8, 4) is 11.3 Å². The van der Waals surface area contributed by atoms with Gasteiger partial charge >= 0.3 is 0 Å². The third-order valence-corrected chi connectivity index (χ3v) is 5.28. The highest BCUT2D eigenvalue weighted by atomic mass is 16.5. The first-order valence-corrected chi connectivity index (χ1v) is 10.5. The van der Waals surface area contributed by atoms with Crippen LogP contribution in [0.3, 0.4) is 0 Å². The standard InChI is InChI=1S/C24H28N4O2/c29-24(25-12-7-13-27-14-16-30-17-15-27)22-19-28(18-20-8-3-1-4-9-20)26-23(22)21-10-5-2-6-11-21/h1-6,8-11,19H,7,12-18H2,(H,25,29). The maximum absolute atomic E-state index is 13.0. The van der Waals surface area contributed by atoms with Gasteiger partial charge in [0.25, 0.3) is 5.91 Å². The molecule has 1 saturated heterocycles. The number of hydrogen-bond donors (Lipinski definition) is 1. The Kier molecular flexibility index (Phi) is 6.90. The first-order chi connectivity index (χ1) is 14.8. The van der Waals surface area contributed by atoms with Gasteiger partial charge < -0.3 is 10.1 Å². The van der Waals surface area contributed by atoms with E-state index in [-0.39, 0.29) is 5.91 Å². The molecule has 4 rings (SSSR count). The maximum Gasteiger partial charge on any atom is 0.255 e. The second kappa shape index (κ2) is 10.2. The van der Waals surface area contributed by atoms with E-state index in [2.05, 4.69) is 22.3 Å². The second-order valence-electron chi connectivity index (χ2n) is 7.50. The summed E-state index contributed by atoms with van der Waals surface area (Å²) in [6.07, 6.45) is 2.78. The van der Waals surface area contributed by atoms with Gasteiger partial charge in [0.15, 0.2) is 0 Å². The Morgan fingerprint density at radius 3 is 2.43 bits per heavy atom. The zero-order valence-electron chi connectivity index (χ0n) is 17.2. The van der Waals surface area contributed by atoms with E-state index in [0.29, 0.717) is 18.7 Å². The van der Waals surface area contributed by atoms with Crippen molar-refractivity contribution in [2.75, 3.05) is 39.4 Å². The van der Waals surface area contributed by atoms with Gasteiger partial charge in [-0.25, -0.2) is 0 Å². The number of amides is 1. The van der Waals surface area contributed by atoms with Crippen molar-refractivity contribution >= 4 is 5.91 Å². The monoisotopic (exact) mass is 404 g/mol. The Balaban J connectivity index is 1.44. The molecule has 0 saturated carbocycles. The fourth-order valence-corrected chi connectivity index (χ4v) is 3.67. The molecule has 30 heavy (non-hydrogen) atoms. The predicted molar refractivity (Wildman–Crippen MR) is 117 cm³/mol. The van der Waals surface area contributed by atoms with Crippen LogP contribution in [0.1, 0.15) is 22.3 Å². The van der Waals surface area contributed by atoms with Gasteiger partial charge in [-0.3, -0.25) is 14.4 Å². The molecule has 0 unspecified atom stereocenters. The van der Waals surface area contributed by atoms with Gasteiger partial charge in [0, 0.05) is 31.4 Å². The number of nitrogens with one attached hydrogen (secondary N) is 1. The van der Waals surface area contributed by atoms with Crippen molar-refractivity contribution in [1.82, 2.24) is 20.0 Å². The lowest BCUT2D eigenvalue weighted by atomic mass is 10.1. The van der Waals surface area contributed by atoms with Crippen LogP contribution in [-0.2, 0) is 11.3 Å². The highest BCUT2D eigenvalue weighted by molar-refractivity contribution is 5.99. The number of morpholine rings is 1. The van der Waals surface area contributed by atoms with E-state index >= 15 is 0 Å². The molecule has 3 aromatic rings. The van der Waals surface area contributed by atoms with E-state index in [4.69, 9.17) is 9.84 Å². The molecule has 1 N–H and O–H groups in total. The molecule has 0 radical (unpaired) electrons. The number of hydrogen-bond acceptors (Lipinski definition) is 4. The quantitative estimate of drug-likeness (QED) is 0.587. The number of nitrogens with zero attached hydrogens (tertiary/aromatic N) is 3. The molecule has 0 spiro atoms. The number of benzene rings is 2. The molecule has 2 heterocycles. The Bertz CT molecular complexity index is 934. The largest absolute Gasteiger partial charge is 0.379 e. The first-order valence-electron chi connectivity index (χ1n) is 10.5. The lowest BCUT2D eigenvalue weighted by molar-refractivity contribution is 0.0374. The lowest BCUT2D eigenvalue weighted by Crippen LogP contribution is -2.38. The van der Waals surface area contributed by atoms with Crippen LogP contribution in [0.4, 0.5) is 0 Å². The molecule has 6 nitrogen and oxygen atoms in total. The summed E-state index contributed by atoms with van der Waals surface area (Å²) in [5, 5.41) is 7.81. The van der Waals surface area contributed by atoms with Gasteiger partial charge in [-0.15, -0.1) is 0 Å². The molecule has 156 valence electrons. The van der Waals surface area contributed by atoms with Crippen LogP contribution in [0.5, 0.6) is 0 Å². The minimum absolute atomic E-state index is 0.0739. The molecule has 0 aliphatic carbocycles. The summed E-state index contributed by atoms with van der Waals surface area (Å²) in [6.45, 7) is 5.79. The fraction of sp³-hybridized carbons (Fsp3) is 0.333. The summed E-state index contributed by atoms with van der Waals surface area (Å²) in [6, 6.07) is 20.0. The summed E-state index contributed by atoms with van der Waals surface area (Å²) in [5.74, 6) is -0.0739. The predicted octanol–water partition coefficient (Wildman–Crippen LogP) is 3.05. The van der Waals surface area contributed by atoms with Crippen LogP contribution in [-0.4, -0.2) is 60.0 Å². The minimum atomic E-state index is -0.0739. The van der Waals surface area contributed by atoms with E-state index in [1.807, 2.05) is 59.4 Å². The van der Waals surface area contributed by atoms with Gasteiger partial charge in [0.05, 0.1) is 25.3 Å². The Hall–Kier alpha value is -2.96. The summed E-state index contributed by atoms with van der Waals surface area (Å²) >= 11 is 0. The normalized spacial score (nSPS) is 14.5. The van der Waals surface area contributed by atoms with Crippen molar-refractivity contribution in [3.05, 3.63) is 78.0 Å². The summed E-state index contributed by atoms with van der Waals surface area (Å²) < 4.78 is 7.23. The zero-order chi connectivity index (χ0) is 20.6. The number of carbonyl (C=O) groups is 1. The minimum Gasteiger partial charge on any atom is -0.379 e. The molecular weight excluding hydrogens is 376 g/mol. The smallest absolute Gasteiger partial charge is 0.255 e. The van der Waals surface area contributed by atoms with Crippen LogP contribution >= 0.6 is 0 Å². The molecule has 1 aromatic heterocycles. The van der Waals surface area contributed by atoms with Crippen molar-refractivity contribution in [3.63, 3.8) is 0 Å². The SMILES string of the molecule is O=C(NCCCN1CCOCC1)c1cn(Cc2ccccc2)nc1-c1ccccc1. The summed E-state index contributed by atoms with van der Waals surface area (Å²) in [4.78, 5) is 15.3. The van der Waals surface area contributed by atoms with Gasteiger partial charge in [0.1, 0.15) is 5.69 Å². The van der Waals surface area contributed by atoms with Crippen molar-refractivity contribution in [2.24, 2.45) is 0 Å². The van der Waals surface area contributed by atoms with E-state index in [1.165, 1.54) is 0 Å². The topological polar surface area (TPSA) is 59.4 Å². The number of ether oxygens (including phenoxy) is 1. The van der Waals surface area contributed by atoms with E-state index < -0.39 is 0 Å². The highest BCUT2D eigenvalue weighted by Crippen LogP contribution is 2.22. The third kappa shape index (κ3) is 5.34. The number of carbonyl (C=O) groups excluding carboxylic acids is 1. The first kappa shape index (κ1) is 20.3. The maximum atomic E-state index is 13.0. The van der Waals surface area contributed by atoms with Crippen LogP contribution < -0.4 is 5.32 Å². The average Bonchev–Trinajstić information content (AvgIpc) is 3.22. The van der Waals surface area contributed by atoms with Crippen molar-refractivity contribution in [1.29, 1.82) is 0 Å². The highest BCUT2D eigenvalue weighted by Gasteiger charge is 2.18. The van der Waals surface area contributed by atoms with E-state index in [9.17, 15) is 4.79 Å². The molecule has 1 aliphatic heterocycles. The Labute approximate surface area is 177 Å². The Morgan fingerprint density at radius 1 is 1.00 bits per heavy atom.